The molecule has 0 unspecified atom stereocenters. The highest BCUT2D eigenvalue weighted by molar-refractivity contribution is 6.06. The van der Waals surface area contributed by atoms with Gasteiger partial charge in [-0.3, -0.25) is 9.59 Å². The predicted octanol–water partition coefficient (Wildman–Crippen LogP) is 4.75. The molecule has 0 atom stereocenters. The van der Waals surface area contributed by atoms with Crippen molar-refractivity contribution in [1.29, 1.82) is 0 Å². The molecule has 0 aliphatic heterocycles. The topological polar surface area (TPSA) is 113 Å². The highest BCUT2D eigenvalue weighted by Gasteiger charge is 2.20. The number of esters is 1. The van der Waals surface area contributed by atoms with Crippen LogP contribution in [0.5, 0.6) is 0 Å². The number of aliphatic hydroxyl groups is 1. The molecule has 1 amide bonds. The van der Waals surface area contributed by atoms with Gasteiger partial charge in [-0.05, 0) is 47.7 Å². The molecule has 0 bridgehead atoms. The molecule has 2 aromatic heterocycles. The molecule has 8 nitrogen and oxygen atoms in total. The molecule has 0 saturated heterocycles. The Labute approximate surface area is 214 Å². The molecule has 37 heavy (non-hydrogen) atoms. The number of aromatic nitrogens is 2. The second-order valence-corrected chi connectivity index (χ2v) is 9.92. The van der Waals surface area contributed by atoms with Crippen molar-refractivity contribution >= 4 is 28.5 Å². The van der Waals surface area contributed by atoms with E-state index in [1.165, 1.54) is 4.57 Å². The zero-order chi connectivity index (χ0) is 26.9. The molecular formula is C29H31N3O5. The van der Waals surface area contributed by atoms with Crippen LogP contribution < -0.4 is 10.9 Å². The summed E-state index contributed by atoms with van der Waals surface area (Å²) < 4.78 is 6.49. The van der Waals surface area contributed by atoms with Crippen LogP contribution in [-0.4, -0.2) is 33.1 Å². The lowest BCUT2D eigenvalue weighted by atomic mass is 9.86. The Morgan fingerprint density at radius 2 is 1.78 bits per heavy atom. The van der Waals surface area contributed by atoms with E-state index in [1.54, 1.807) is 56.6 Å². The molecular weight excluding hydrogens is 470 g/mol. The van der Waals surface area contributed by atoms with Crippen molar-refractivity contribution in [3.05, 3.63) is 87.5 Å². The fraction of sp³-hybridized carbons (Fsp3) is 0.276. The Hall–Kier alpha value is -4.17. The lowest BCUT2D eigenvalue weighted by molar-refractivity contribution is 0.0520. The Bertz CT molecular complexity index is 1540. The molecule has 0 fully saturated rings. The number of nitrogens with zero attached hydrogens (tertiary/aromatic N) is 1. The maximum atomic E-state index is 13.0. The highest BCUT2D eigenvalue weighted by Crippen LogP contribution is 2.34. The monoisotopic (exact) mass is 501 g/mol. The third-order valence-electron chi connectivity index (χ3n) is 6.35. The molecule has 0 aliphatic carbocycles. The minimum absolute atomic E-state index is 0.0279. The van der Waals surface area contributed by atoms with Crippen LogP contribution in [-0.2, 0) is 23.8 Å². The molecule has 8 heteroatoms. The smallest absolute Gasteiger partial charge is 0.354 e. The van der Waals surface area contributed by atoms with Crippen LogP contribution in [0.15, 0.2) is 59.5 Å². The predicted molar refractivity (Wildman–Crippen MR) is 144 cm³/mol. The molecule has 3 N–H and O–H groups in total. The summed E-state index contributed by atoms with van der Waals surface area (Å²) in [4.78, 5) is 41.0. The Balaban J connectivity index is 1.77. The first-order valence-electron chi connectivity index (χ1n) is 12.1. The standard InChI is InChI=1S/C29H31N3O5/c1-6-37-28(36)24-14-20-21(15-32(5)27(35)25(20)30-24)19-8-7-9-23(22(19)16-33)31-26(34)17-10-12-18(13-11-17)29(2,3)4/h7-15,30,33H,6,16H2,1-5H3,(H,31,34). The number of amides is 1. The number of ether oxygens (including phenoxy) is 1. The van der Waals surface area contributed by atoms with Gasteiger partial charge >= 0.3 is 5.97 Å². The van der Waals surface area contributed by atoms with Gasteiger partial charge in [0.25, 0.3) is 11.5 Å². The van der Waals surface area contributed by atoms with Crippen LogP contribution in [0, 0.1) is 0 Å². The number of carbonyl (C=O) groups is 2. The lowest BCUT2D eigenvalue weighted by Gasteiger charge is -2.19. The molecule has 0 radical (unpaired) electrons. The minimum atomic E-state index is -0.562. The van der Waals surface area contributed by atoms with E-state index in [-0.39, 0.29) is 41.3 Å². The van der Waals surface area contributed by atoms with Crippen molar-refractivity contribution in [2.45, 2.75) is 39.7 Å². The summed E-state index contributed by atoms with van der Waals surface area (Å²) in [7, 11) is 1.61. The van der Waals surface area contributed by atoms with E-state index < -0.39 is 5.97 Å². The SMILES string of the molecule is CCOC(=O)c1cc2c(-c3cccc(NC(=O)c4ccc(C(C)(C)C)cc4)c3CO)cn(C)c(=O)c2[nH]1. The number of hydrogen-bond donors (Lipinski definition) is 3. The van der Waals surface area contributed by atoms with E-state index in [0.29, 0.717) is 33.3 Å². The van der Waals surface area contributed by atoms with Gasteiger partial charge < -0.3 is 24.7 Å². The van der Waals surface area contributed by atoms with Crippen molar-refractivity contribution in [1.82, 2.24) is 9.55 Å². The molecule has 2 aromatic carbocycles. The Kier molecular flexibility index (Phi) is 7.05. The molecule has 0 saturated carbocycles. The number of benzene rings is 2. The first-order valence-corrected chi connectivity index (χ1v) is 12.1. The van der Waals surface area contributed by atoms with Crippen molar-refractivity contribution in [3.63, 3.8) is 0 Å². The summed E-state index contributed by atoms with van der Waals surface area (Å²) in [5.74, 6) is -0.864. The number of aromatic amines is 1. The summed E-state index contributed by atoms with van der Waals surface area (Å²) in [5, 5.41) is 13.8. The fourth-order valence-corrected chi connectivity index (χ4v) is 4.31. The number of anilines is 1. The number of aryl methyl sites for hydroxylation is 1. The van der Waals surface area contributed by atoms with E-state index in [4.69, 9.17) is 4.74 Å². The van der Waals surface area contributed by atoms with E-state index in [1.807, 2.05) is 12.1 Å². The van der Waals surface area contributed by atoms with Gasteiger partial charge in [0.15, 0.2) is 0 Å². The van der Waals surface area contributed by atoms with Gasteiger partial charge in [-0.15, -0.1) is 0 Å². The second kappa shape index (κ2) is 10.1. The number of rotatable bonds is 6. The van der Waals surface area contributed by atoms with Gasteiger partial charge in [0, 0.05) is 41.0 Å². The normalized spacial score (nSPS) is 11.5. The fourth-order valence-electron chi connectivity index (χ4n) is 4.31. The number of pyridine rings is 1. The molecule has 2 heterocycles. The largest absolute Gasteiger partial charge is 0.461 e. The quantitative estimate of drug-likeness (QED) is 0.330. The average molecular weight is 502 g/mol. The highest BCUT2D eigenvalue weighted by atomic mass is 16.5. The maximum Gasteiger partial charge on any atom is 0.354 e. The number of nitrogens with one attached hydrogen (secondary N) is 2. The van der Waals surface area contributed by atoms with Crippen molar-refractivity contribution in [3.8, 4) is 11.1 Å². The zero-order valence-corrected chi connectivity index (χ0v) is 21.6. The van der Waals surface area contributed by atoms with Gasteiger partial charge in [0.05, 0.1) is 13.2 Å². The Morgan fingerprint density at radius 1 is 1.08 bits per heavy atom. The number of hydrogen-bond acceptors (Lipinski definition) is 5. The van der Waals surface area contributed by atoms with Crippen LogP contribution in [0.2, 0.25) is 0 Å². The molecule has 4 rings (SSSR count). The van der Waals surface area contributed by atoms with Crippen LogP contribution >= 0.6 is 0 Å². The number of aliphatic hydroxyl groups excluding tert-OH is 1. The van der Waals surface area contributed by atoms with Crippen LogP contribution in [0.4, 0.5) is 5.69 Å². The van der Waals surface area contributed by atoms with Gasteiger partial charge in [-0.25, -0.2) is 4.79 Å². The number of H-pyrrole nitrogens is 1. The van der Waals surface area contributed by atoms with Gasteiger partial charge in [-0.2, -0.15) is 0 Å². The molecule has 192 valence electrons. The third-order valence-corrected chi connectivity index (χ3v) is 6.35. The number of fused-ring (bicyclic) bond motifs is 1. The van der Waals surface area contributed by atoms with Gasteiger partial charge in [-0.1, -0.05) is 45.0 Å². The summed E-state index contributed by atoms with van der Waals surface area (Å²) in [6.07, 6.45) is 1.65. The molecule has 0 spiro atoms. The van der Waals surface area contributed by atoms with Crippen LogP contribution in [0.3, 0.4) is 0 Å². The summed E-state index contributed by atoms with van der Waals surface area (Å²) in [5.41, 5.74) is 3.88. The third kappa shape index (κ3) is 5.06. The van der Waals surface area contributed by atoms with Gasteiger partial charge in [0.1, 0.15) is 11.2 Å². The van der Waals surface area contributed by atoms with E-state index >= 15 is 0 Å². The second-order valence-electron chi connectivity index (χ2n) is 9.92. The van der Waals surface area contributed by atoms with Gasteiger partial charge in [0.2, 0.25) is 0 Å². The lowest BCUT2D eigenvalue weighted by Crippen LogP contribution is -2.17. The first kappa shape index (κ1) is 25.9. The molecule has 0 aliphatic rings. The summed E-state index contributed by atoms with van der Waals surface area (Å²) >= 11 is 0. The zero-order valence-electron chi connectivity index (χ0n) is 21.6. The number of carbonyl (C=O) groups excluding carboxylic acids is 2. The van der Waals surface area contributed by atoms with Crippen molar-refractivity contribution in [2.75, 3.05) is 11.9 Å². The van der Waals surface area contributed by atoms with Crippen LogP contribution in [0.1, 0.15) is 59.7 Å². The van der Waals surface area contributed by atoms with E-state index in [0.717, 1.165) is 5.56 Å². The van der Waals surface area contributed by atoms with Crippen molar-refractivity contribution in [2.24, 2.45) is 7.05 Å². The van der Waals surface area contributed by atoms with E-state index in [9.17, 15) is 19.5 Å². The Morgan fingerprint density at radius 3 is 2.41 bits per heavy atom. The van der Waals surface area contributed by atoms with E-state index in [2.05, 4.69) is 31.1 Å². The summed E-state index contributed by atoms with van der Waals surface area (Å²) in [6.45, 7) is 7.88. The summed E-state index contributed by atoms with van der Waals surface area (Å²) in [6, 6.07) is 14.3. The molecule has 4 aromatic rings. The average Bonchev–Trinajstić information content (AvgIpc) is 3.32. The van der Waals surface area contributed by atoms with Crippen LogP contribution in [0.25, 0.3) is 22.0 Å². The first-order chi connectivity index (χ1) is 17.5. The van der Waals surface area contributed by atoms with Crippen molar-refractivity contribution < 1.29 is 19.4 Å². The maximum absolute atomic E-state index is 13.0. The minimum Gasteiger partial charge on any atom is -0.461 e.